The lowest BCUT2D eigenvalue weighted by atomic mass is 10.00. The summed E-state index contributed by atoms with van der Waals surface area (Å²) >= 11 is 1.47. The number of carbonyl (C=O) groups excluding carboxylic acids is 1. The third-order valence-electron chi connectivity index (χ3n) is 6.09. The predicted molar refractivity (Wildman–Crippen MR) is 121 cm³/mol. The SMILES string of the molecule is O=C(Nc1nc2ccc(-c3cnc(CO[C@H]4CCC[C@@H]4O)nc3)cc2s1)C1CCOCC1. The normalized spacial score (nSPS) is 21.8. The number of ether oxygens (including phenoxy) is 2. The second-order valence-electron chi connectivity index (χ2n) is 8.31. The number of fused-ring (bicyclic) bond motifs is 1. The molecule has 2 N–H and O–H groups in total. The summed E-state index contributed by atoms with van der Waals surface area (Å²) in [5.41, 5.74) is 2.74. The lowest BCUT2D eigenvalue weighted by Crippen LogP contribution is -2.28. The minimum absolute atomic E-state index is 0.0112. The van der Waals surface area contributed by atoms with E-state index in [0.29, 0.717) is 30.8 Å². The van der Waals surface area contributed by atoms with Crippen LogP contribution < -0.4 is 5.32 Å². The Morgan fingerprint density at radius 1 is 1.16 bits per heavy atom. The number of aliphatic hydroxyl groups excluding tert-OH is 1. The van der Waals surface area contributed by atoms with Gasteiger partial charge in [0.2, 0.25) is 5.91 Å². The van der Waals surface area contributed by atoms with Crippen molar-refractivity contribution >= 4 is 32.6 Å². The van der Waals surface area contributed by atoms with Crippen LogP contribution in [0.25, 0.3) is 21.3 Å². The van der Waals surface area contributed by atoms with Crippen molar-refractivity contribution < 1.29 is 19.4 Å². The first-order chi connectivity index (χ1) is 15.7. The number of nitrogens with one attached hydrogen (secondary N) is 1. The number of benzene rings is 1. The van der Waals surface area contributed by atoms with E-state index < -0.39 is 0 Å². The molecule has 3 aromatic rings. The largest absolute Gasteiger partial charge is 0.390 e. The molecule has 9 heteroatoms. The summed E-state index contributed by atoms with van der Waals surface area (Å²) in [7, 11) is 0. The van der Waals surface area contributed by atoms with Crippen molar-refractivity contribution in [3.05, 3.63) is 36.4 Å². The maximum Gasteiger partial charge on any atom is 0.229 e. The number of hydrogen-bond acceptors (Lipinski definition) is 8. The molecular formula is C23H26N4O4S. The lowest BCUT2D eigenvalue weighted by molar-refractivity contribution is -0.122. The van der Waals surface area contributed by atoms with Gasteiger partial charge in [0.1, 0.15) is 6.61 Å². The number of anilines is 1. The quantitative estimate of drug-likeness (QED) is 0.587. The van der Waals surface area contributed by atoms with E-state index in [1.165, 1.54) is 11.3 Å². The van der Waals surface area contributed by atoms with Gasteiger partial charge in [0.25, 0.3) is 0 Å². The first kappa shape index (κ1) is 21.4. The van der Waals surface area contributed by atoms with Crippen molar-refractivity contribution in [1.29, 1.82) is 0 Å². The molecule has 0 bridgehead atoms. The minimum atomic E-state index is -0.383. The van der Waals surface area contributed by atoms with Gasteiger partial charge in [-0.15, -0.1) is 0 Å². The van der Waals surface area contributed by atoms with Crippen LogP contribution in [0, 0.1) is 5.92 Å². The van der Waals surface area contributed by atoms with E-state index >= 15 is 0 Å². The van der Waals surface area contributed by atoms with Crippen molar-refractivity contribution in [3.63, 3.8) is 0 Å². The van der Waals surface area contributed by atoms with E-state index in [9.17, 15) is 9.90 Å². The van der Waals surface area contributed by atoms with Gasteiger partial charge < -0.3 is 19.9 Å². The summed E-state index contributed by atoms with van der Waals surface area (Å²) in [5, 5.41) is 13.4. The second kappa shape index (κ2) is 9.58. The molecule has 32 heavy (non-hydrogen) atoms. The highest BCUT2D eigenvalue weighted by atomic mass is 32.1. The molecule has 1 saturated heterocycles. The summed E-state index contributed by atoms with van der Waals surface area (Å²) in [6.45, 7) is 1.57. The highest BCUT2D eigenvalue weighted by Gasteiger charge is 2.26. The Morgan fingerprint density at radius 2 is 1.97 bits per heavy atom. The zero-order valence-electron chi connectivity index (χ0n) is 17.7. The number of amides is 1. The Balaban J connectivity index is 1.24. The smallest absolute Gasteiger partial charge is 0.229 e. The molecule has 8 nitrogen and oxygen atoms in total. The highest BCUT2D eigenvalue weighted by molar-refractivity contribution is 7.22. The molecular weight excluding hydrogens is 428 g/mol. The third-order valence-corrected chi connectivity index (χ3v) is 7.03. The molecule has 1 aliphatic heterocycles. The predicted octanol–water partition coefficient (Wildman–Crippen LogP) is 3.55. The Labute approximate surface area is 190 Å². The zero-order chi connectivity index (χ0) is 21.9. The fourth-order valence-electron chi connectivity index (χ4n) is 4.19. The summed E-state index contributed by atoms with van der Waals surface area (Å²) in [6, 6.07) is 5.97. The van der Waals surface area contributed by atoms with E-state index in [1.54, 1.807) is 12.4 Å². The van der Waals surface area contributed by atoms with Crippen LogP contribution in [0.1, 0.15) is 37.9 Å². The molecule has 3 heterocycles. The van der Waals surface area contributed by atoms with Crippen LogP contribution in [0.3, 0.4) is 0 Å². The molecule has 1 aliphatic carbocycles. The van der Waals surface area contributed by atoms with Crippen molar-refractivity contribution in [3.8, 4) is 11.1 Å². The number of aromatic nitrogens is 3. The zero-order valence-corrected chi connectivity index (χ0v) is 18.5. The number of nitrogens with zero attached hydrogens (tertiary/aromatic N) is 3. The molecule has 1 saturated carbocycles. The van der Waals surface area contributed by atoms with Gasteiger partial charge in [-0.3, -0.25) is 4.79 Å². The molecule has 0 radical (unpaired) electrons. The van der Waals surface area contributed by atoms with Gasteiger partial charge in [0.05, 0.1) is 22.4 Å². The molecule has 2 aromatic heterocycles. The minimum Gasteiger partial charge on any atom is -0.390 e. The van der Waals surface area contributed by atoms with E-state index in [-0.39, 0.29) is 24.0 Å². The molecule has 2 aliphatic rings. The van der Waals surface area contributed by atoms with E-state index in [0.717, 1.165) is 53.4 Å². The Hall–Kier alpha value is -2.46. The van der Waals surface area contributed by atoms with Gasteiger partial charge in [-0.1, -0.05) is 17.4 Å². The van der Waals surface area contributed by atoms with Crippen LogP contribution in [0.4, 0.5) is 5.13 Å². The fraction of sp³-hybridized carbons (Fsp3) is 0.478. The number of aliphatic hydroxyl groups is 1. The topological polar surface area (TPSA) is 106 Å². The lowest BCUT2D eigenvalue weighted by Gasteiger charge is -2.20. The van der Waals surface area contributed by atoms with Gasteiger partial charge in [-0.05, 0) is 49.8 Å². The fourth-order valence-corrected chi connectivity index (χ4v) is 5.09. The van der Waals surface area contributed by atoms with E-state index in [4.69, 9.17) is 9.47 Å². The Bertz CT molecular complexity index is 1080. The number of hydrogen-bond donors (Lipinski definition) is 2. The van der Waals surface area contributed by atoms with E-state index in [1.807, 2.05) is 18.2 Å². The Kier molecular flexibility index (Phi) is 6.40. The molecule has 168 valence electrons. The van der Waals surface area contributed by atoms with Crippen molar-refractivity contribution in [1.82, 2.24) is 15.0 Å². The first-order valence-corrected chi connectivity index (χ1v) is 11.9. The molecule has 2 fully saturated rings. The maximum absolute atomic E-state index is 12.5. The van der Waals surface area contributed by atoms with Gasteiger partial charge in [0, 0.05) is 37.1 Å². The monoisotopic (exact) mass is 454 g/mol. The highest BCUT2D eigenvalue weighted by Crippen LogP contribution is 2.31. The van der Waals surface area contributed by atoms with Crippen LogP contribution in [0.5, 0.6) is 0 Å². The van der Waals surface area contributed by atoms with Gasteiger partial charge in [0.15, 0.2) is 11.0 Å². The van der Waals surface area contributed by atoms with Crippen LogP contribution in [-0.2, 0) is 20.9 Å². The van der Waals surface area contributed by atoms with Crippen LogP contribution in [-0.4, -0.2) is 51.4 Å². The first-order valence-electron chi connectivity index (χ1n) is 11.1. The van der Waals surface area contributed by atoms with Crippen LogP contribution >= 0.6 is 11.3 Å². The van der Waals surface area contributed by atoms with Gasteiger partial charge in [-0.25, -0.2) is 15.0 Å². The molecule has 2 atom stereocenters. The van der Waals surface area contributed by atoms with Crippen LogP contribution in [0.15, 0.2) is 30.6 Å². The van der Waals surface area contributed by atoms with Gasteiger partial charge in [-0.2, -0.15) is 0 Å². The molecule has 1 amide bonds. The average Bonchev–Trinajstić information content (AvgIpc) is 3.43. The number of thiazole rings is 1. The van der Waals surface area contributed by atoms with Crippen molar-refractivity contribution in [2.75, 3.05) is 18.5 Å². The second-order valence-corrected chi connectivity index (χ2v) is 9.34. The standard InChI is InChI=1S/C23H26N4O4S/c28-18-2-1-3-19(18)31-13-21-24-11-16(12-25-21)15-4-5-17-20(10-15)32-23(26-17)27-22(29)14-6-8-30-9-7-14/h4-5,10-12,14,18-19,28H,1-3,6-9,13H2,(H,26,27,29)/t18-,19-/m0/s1. The molecule has 5 rings (SSSR count). The third kappa shape index (κ3) is 4.80. The van der Waals surface area contributed by atoms with Crippen molar-refractivity contribution in [2.45, 2.75) is 50.9 Å². The summed E-state index contributed by atoms with van der Waals surface area (Å²) in [5.74, 6) is 0.608. The van der Waals surface area contributed by atoms with Crippen molar-refractivity contribution in [2.24, 2.45) is 5.92 Å². The molecule has 1 aromatic carbocycles. The summed E-state index contributed by atoms with van der Waals surface area (Å²) < 4.78 is 12.1. The summed E-state index contributed by atoms with van der Waals surface area (Å²) in [6.07, 6.45) is 7.25. The van der Waals surface area contributed by atoms with Crippen LogP contribution in [0.2, 0.25) is 0 Å². The Morgan fingerprint density at radius 3 is 2.72 bits per heavy atom. The molecule has 0 spiro atoms. The summed E-state index contributed by atoms with van der Waals surface area (Å²) in [4.78, 5) is 25.9. The van der Waals surface area contributed by atoms with E-state index in [2.05, 4.69) is 20.3 Å². The maximum atomic E-state index is 12.5. The number of rotatable bonds is 6. The average molecular weight is 455 g/mol. The number of carbonyl (C=O) groups is 1. The van der Waals surface area contributed by atoms with Gasteiger partial charge >= 0.3 is 0 Å². The molecule has 0 unspecified atom stereocenters.